The van der Waals surface area contributed by atoms with Crippen LogP contribution in [0.3, 0.4) is 0 Å². The third-order valence-corrected chi connectivity index (χ3v) is 5.30. The summed E-state index contributed by atoms with van der Waals surface area (Å²) >= 11 is 0. The van der Waals surface area contributed by atoms with Crippen molar-refractivity contribution in [3.63, 3.8) is 0 Å². The van der Waals surface area contributed by atoms with E-state index in [0.717, 1.165) is 18.3 Å². The second-order valence-corrected chi connectivity index (χ2v) is 7.49. The standard InChI is InChI=1S/C18H29N5O/c1-12(2)15-9-16(22-18(19)21-15)17(24)20-10-13-7-8-23(11-13)14-5-3-4-6-14/h9,12-14H,3-8,10-11H2,1-2H3,(H,20,24)(H2,19,21,22)/t13-/m1/s1. The molecule has 1 amide bonds. The number of anilines is 1. The fraction of sp³-hybridized carbons (Fsp3) is 0.722. The Labute approximate surface area is 144 Å². The first-order chi connectivity index (χ1) is 11.5. The predicted molar refractivity (Wildman–Crippen MR) is 94.8 cm³/mol. The molecule has 6 heteroatoms. The fourth-order valence-corrected chi connectivity index (χ4v) is 3.86. The predicted octanol–water partition coefficient (Wildman–Crippen LogP) is 2.18. The van der Waals surface area contributed by atoms with E-state index >= 15 is 0 Å². The molecule has 1 aromatic heterocycles. The van der Waals surface area contributed by atoms with Crippen molar-refractivity contribution in [2.24, 2.45) is 5.92 Å². The normalized spacial score (nSPS) is 22.4. The summed E-state index contributed by atoms with van der Waals surface area (Å²) in [7, 11) is 0. The molecule has 2 fully saturated rings. The Morgan fingerprint density at radius 3 is 2.79 bits per heavy atom. The van der Waals surface area contributed by atoms with E-state index in [-0.39, 0.29) is 17.8 Å². The van der Waals surface area contributed by atoms with Crippen LogP contribution in [0.2, 0.25) is 0 Å². The van der Waals surface area contributed by atoms with Crippen LogP contribution in [0.15, 0.2) is 6.07 Å². The van der Waals surface area contributed by atoms with Gasteiger partial charge in [-0.05, 0) is 43.7 Å². The zero-order valence-corrected chi connectivity index (χ0v) is 14.8. The van der Waals surface area contributed by atoms with Gasteiger partial charge in [0.2, 0.25) is 5.95 Å². The van der Waals surface area contributed by atoms with Crippen molar-refractivity contribution in [3.05, 3.63) is 17.5 Å². The maximum Gasteiger partial charge on any atom is 0.270 e. The van der Waals surface area contributed by atoms with Crippen LogP contribution >= 0.6 is 0 Å². The molecule has 1 aliphatic carbocycles. The first-order valence-corrected chi connectivity index (χ1v) is 9.19. The first-order valence-electron chi connectivity index (χ1n) is 9.19. The first kappa shape index (κ1) is 17.1. The minimum Gasteiger partial charge on any atom is -0.368 e. The van der Waals surface area contributed by atoms with Gasteiger partial charge in [0.15, 0.2) is 0 Å². The number of rotatable bonds is 5. The van der Waals surface area contributed by atoms with Gasteiger partial charge in [0, 0.05) is 24.8 Å². The molecule has 2 aliphatic rings. The van der Waals surface area contributed by atoms with Crippen molar-refractivity contribution in [2.45, 2.75) is 57.9 Å². The summed E-state index contributed by atoms with van der Waals surface area (Å²) in [6.45, 7) is 7.04. The highest BCUT2D eigenvalue weighted by atomic mass is 16.1. The van der Waals surface area contributed by atoms with Crippen LogP contribution in [0.1, 0.15) is 68.1 Å². The van der Waals surface area contributed by atoms with Crippen LogP contribution in [-0.2, 0) is 0 Å². The molecule has 0 spiro atoms. The summed E-state index contributed by atoms with van der Waals surface area (Å²) in [5.41, 5.74) is 6.91. The third-order valence-electron chi connectivity index (χ3n) is 5.30. The van der Waals surface area contributed by atoms with Crippen molar-refractivity contribution in [1.29, 1.82) is 0 Å². The lowest BCUT2D eigenvalue weighted by Crippen LogP contribution is -2.34. The minimum atomic E-state index is -0.148. The Morgan fingerprint density at radius 2 is 2.08 bits per heavy atom. The molecule has 1 aromatic rings. The lowest BCUT2D eigenvalue weighted by atomic mass is 10.1. The van der Waals surface area contributed by atoms with Crippen molar-refractivity contribution in [3.8, 4) is 0 Å². The Morgan fingerprint density at radius 1 is 1.33 bits per heavy atom. The summed E-state index contributed by atoms with van der Waals surface area (Å²) in [5.74, 6) is 0.778. The van der Waals surface area contributed by atoms with E-state index in [1.54, 1.807) is 6.07 Å². The summed E-state index contributed by atoms with van der Waals surface area (Å²) in [5, 5.41) is 3.03. The van der Waals surface area contributed by atoms with Crippen molar-refractivity contribution in [2.75, 3.05) is 25.4 Å². The van der Waals surface area contributed by atoms with Crippen LogP contribution in [-0.4, -0.2) is 46.5 Å². The van der Waals surface area contributed by atoms with Gasteiger partial charge in [-0.15, -0.1) is 0 Å². The molecule has 0 unspecified atom stereocenters. The van der Waals surface area contributed by atoms with Gasteiger partial charge in [0.05, 0.1) is 0 Å². The summed E-state index contributed by atoms with van der Waals surface area (Å²) in [4.78, 5) is 23.3. The minimum absolute atomic E-state index is 0.148. The average molecular weight is 331 g/mol. The Bertz CT molecular complexity index is 583. The summed E-state index contributed by atoms with van der Waals surface area (Å²) in [6.07, 6.45) is 6.60. The second-order valence-electron chi connectivity index (χ2n) is 7.49. The molecule has 1 saturated carbocycles. The molecule has 0 bridgehead atoms. The zero-order valence-electron chi connectivity index (χ0n) is 14.8. The van der Waals surface area contributed by atoms with Gasteiger partial charge < -0.3 is 16.0 Å². The molecule has 0 aromatic carbocycles. The number of nitrogens with zero attached hydrogens (tertiary/aromatic N) is 3. The maximum atomic E-state index is 12.4. The topological polar surface area (TPSA) is 84.1 Å². The molecular weight excluding hydrogens is 302 g/mol. The van der Waals surface area contributed by atoms with E-state index in [0.29, 0.717) is 18.2 Å². The number of carbonyl (C=O) groups is 1. The van der Waals surface area contributed by atoms with Crippen LogP contribution in [0.5, 0.6) is 0 Å². The van der Waals surface area contributed by atoms with E-state index in [2.05, 4.69) is 20.2 Å². The monoisotopic (exact) mass is 331 g/mol. The smallest absolute Gasteiger partial charge is 0.270 e. The number of likely N-dealkylation sites (tertiary alicyclic amines) is 1. The van der Waals surface area contributed by atoms with Crippen molar-refractivity contribution in [1.82, 2.24) is 20.2 Å². The van der Waals surface area contributed by atoms with E-state index in [4.69, 9.17) is 5.73 Å². The lowest BCUT2D eigenvalue weighted by molar-refractivity contribution is 0.0941. The molecule has 24 heavy (non-hydrogen) atoms. The van der Waals surface area contributed by atoms with Gasteiger partial charge in [0.25, 0.3) is 5.91 Å². The number of nitrogens with two attached hydrogens (primary N) is 1. The maximum absolute atomic E-state index is 12.4. The number of aromatic nitrogens is 2. The number of carbonyl (C=O) groups excluding carboxylic acids is 1. The molecule has 1 saturated heterocycles. The lowest BCUT2D eigenvalue weighted by Gasteiger charge is -2.23. The largest absolute Gasteiger partial charge is 0.368 e. The number of nitrogen functional groups attached to an aromatic ring is 1. The number of hydrogen-bond acceptors (Lipinski definition) is 5. The Kier molecular flexibility index (Phi) is 5.33. The fourth-order valence-electron chi connectivity index (χ4n) is 3.86. The summed E-state index contributed by atoms with van der Waals surface area (Å²) in [6, 6.07) is 2.52. The highest BCUT2D eigenvalue weighted by molar-refractivity contribution is 5.92. The zero-order chi connectivity index (χ0) is 17.1. The van der Waals surface area contributed by atoms with Crippen LogP contribution in [0.25, 0.3) is 0 Å². The van der Waals surface area contributed by atoms with Gasteiger partial charge in [0.1, 0.15) is 5.69 Å². The highest BCUT2D eigenvalue weighted by Gasteiger charge is 2.30. The molecule has 3 rings (SSSR count). The number of nitrogens with one attached hydrogen (secondary N) is 1. The third kappa shape index (κ3) is 4.04. The van der Waals surface area contributed by atoms with Crippen LogP contribution in [0, 0.1) is 5.92 Å². The van der Waals surface area contributed by atoms with E-state index in [1.807, 2.05) is 13.8 Å². The van der Waals surface area contributed by atoms with Gasteiger partial charge in [-0.1, -0.05) is 26.7 Å². The molecular formula is C18H29N5O. The van der Waals surface area contributed by atoms with Crippen molar-refractivity contribution < 1.29 is 4.79 Å². The Hall–Kier alpha value is -1.69. The van der Waals surface area contributed by atoms with Gasteiger partial charge >= 0.3 is 0 Å². The molecule has 1 atom stereocenters. The van der Waals surface area contributed by atoms with Crippen LogP contribution < -0.4 is 11.1 Å². The SMILES string of the molecule is CC(C)c1cc(C(=O)NC[C@H]2CCN(C3CCCC3)C2)nc(N)n1. The van der Waals surface area contributed by atoms with E-state index < -0.39 is 0 Å². The number of amides is 1. The molecule has 1 aliphatic heterocycles. The summed E-state index contributed by atoms with van der Waals surface area (Å²) < 4.78 is 0. The number of hydrogen-bond donors (Lipinski definition) is 2. The van der Waals surface area contributed by atoms with E-state index in [9.17, 15) is 4.79 Å². The van der Waals surface area contributed by atoms with Gasteiger partial charge in [-0.3, -0.25) is 4.79 Å². The Balaban J connectivity index is 1.52. The van der Waals surface area contributed by atoms with Gasteiger partial charge in [-0.25, -0.2) is 9.97 Å². The molecule has 6 nitrogen and oxygen atoms in total. The molecule has 2 heterocycles. The molecule has 0 radical (unpaired) electrons. The molecule has 3 N–H and O–H groups in total. The average Bonchev–Trinajstić information content (AvgIpc) is 3.23. The van der Waals surface area contributed by atoms with E-state index in [1.165, 1.54) is 38.6 Å². The van der Waals surface area contributed by atoms with Crippen molar-refractivity contribution >= 4 is 11.9 Å². The highest BCUT2D eigenvalue weighted by Crippen LogP contribution is 2.28. The van der Waals surface area contributed by atoms with Gasteiger partial charge in [-0.2, -0.15) is 0 Å². The quantitative estimate of drug-likeness (QED) is 0.864. The second kappa shape index (κ2) is 7.47. The molecule has 132 valence electrons. The van der Waals surface area contributed by atoms with Crippen LogP contribution in [0.4, 0.5) is 5.95 Å².